The molecule has 4 bridgehead atoms. The fraction of sp³-hybridized carbons (Fsp3) is 0.611. The van der Waals surface area contributed by atoms with Crippen molar-refractivity contribution in [1.82, 2.24) is 0 Å². The average Bonchev–Trinajstić information content (AvgIpc) is 2.43. The fourth-order valence-electron chi connectivity index (χ4n) is 5.34. The van der Waals surface area contributed by atoms with E-state index >= 15 is 0 Å². The SMILES string of the molecule is O=C(OCc1ccc(Br)cc1)C12CC3CC(CC(O)(C3)C1)C2. The summed E-state index contributed by atoms with van der Waals surface area (Å²) in [6.07, 6.45) is 5.36. The van der Waals surface area contributed by atoms with Crippen molar-refractivity contribution in [1.29, 1.82) is 0 Å². The maximum absolute atomic E-state index is 12.7. The highest BCUT2D eigenvalue weighted by Gasteiger charge is 2.60. The predicted octanol–water partition coefficient (Wildman–Crippen LogP) is 3.82. The lowest BCUT2D eigenvalue weighted by atomic mass is 9.48. The number of esters is 1. The summed E-state index contributed by atoms with van der Waals surface area (Å²) in [5.74, 6) is 0.918. The van der Waals surface area contributed by atoms with Gasteiger partial charge in [0.1, 0.15) is 6.61 Å². The third kappa shape index (κ3) is 2.50. The van der Waals surface area contributed by atoms with Gasteiger partial charge in [-0.1, -0.05) is 28.1 Å². The number of ether oxygens (including phenoxy) is 1. The van der Waals surface area contributed by atoms with E-state index in [0.29, 0.717) is 24.9 Å². The first-order valence-electron chi connectivity index (χ1n) is 8.11. The number of hydrogen-bond donors (Lipinski definition) is 1. The number of hydrogen-bond acceptors (Lipinski definition) is 3. The summed E-state index contributed by atoms with van der Waals surface area (Å²) in [6, 6.07) is 7.84. The Morgan fingerprint density at radius 1 is 1.18 bits per heavy atom. The van der Waals surface area contributed by atoms with Crippen molar-refractivity contribution in [3.8, 4) is 0 Å². The van der Waals surface area contributed by atoms with Gasteiger partial charge in [0, 0.05) is 4.47 Å². The third-order valence-electron chi connectivity index (χ3n) is 5.75. The normalized spacial score (nSPS) is 39.0. The van der Waals surface area contributed by atoms with Gasteiger partial charge in [-0.2, -0.15) is 0 Å². The number of carbonyl (C=O) groups excluding carboxylic acids is 1. The molecule has 2 unspecified atom stereocenters. The second-order valence-electron chi connectivity index (χ2n) is 7.67. The molecule has 22 heavy (non-hydrogen) atoms. The van der Waals surface area contributed by atoms with Crippen molar-refractivity contribution in [2.45, 2.75) is 50.7 Å². The second kappa shape index (κ2) is 5.07. The van der Waals surface area contributed by atoms with Crippen LogP contribution in [0.2, 0.25) is 0 Å². The van der Waals surface area contributed by atoms with Crippen molar-refractivity contribution < 1.29 is 14.6 Å². The summed E-state index contributed by atoms with van der Waals surface area (Å²) in [4.78, 5) is 12.7. The topological polar surface area (TPSA) is 46.5 Å². The van der Waals surface area contributed by atoms with E-state index in [1.807, 2.05) is 24.3 Å². The quantitative estimate of drug-likeness (QED) is 0.829. The molecule has 0 amide bonds. The van der Waals surface area contributed by atoms with Crippen LogP contribution in [0.5, 0.6) is 0 Å². The van der Waals surface area contributed by atoms with Crippen LogP contribution in [0.25, 0.3) is 0 Å². The molecule has 4 fully saturated rings. The Balaban J connectivity index is 1.47. The molecule has 3 nitrogen and oxygen atoms in total. The van der Waals surface area contributed by atoms with E-state index in [0.717, 1.165) is 35.7 Å². The molecule has 1 aromatic carbocycles. The Morgan fingerprint density at radius 3 is 2.41 bits per heavy atom. The Morgan fingerprint density at radius 2 is 1.82 bits per heavy atom. The molecule has 1 N–H and O–H groups in total. The zero-order valence-corrected chi connectivity index (χ0v) is 14.1. The molecular weight excluding hydrogens is 344 g/mol. The van der Waals surface area contributed by atoms with Gasteiger partial charge in [0.2, 0.25) is 0 Å². The van der Waals surface area contributed by atoms with Crippen LogP contribution in [0.3, 0.4) is 0 Å². The largest absolute Gasteiger partial charge is 0.460 e. The summed E-state index contributed by atoms with van der Waals surface area (Å²) >= 11 is 3.40. The van der Waals surface area contributed by atoms with Gasteiger partial charge in [-0.25, -0.2) is 0 Å². The van der Waals surface area contributed by atoms with Gasteiger partial charge >= 0.3 is 5.97 Å². The van der Waals surface area contributed by atoms with Crippen LogP contribution in [0.4, 0.5) is 0 Å². The minimum absolute atomic E-state index is 0.0945. The second-order valence-corrected chi connectivity index (χ2v) is 8.58. The Labute approximate surface area is 139 Å². The van der Waals surface area contributed by atoms with Crippen LogP contribution < -0.4 is 0 Å². The maximum atomic E-state index is 12.7. The zero-order chi connectivity index (χ0) is 15.4. The van der Waals surface area contributed by atoms with Crippen molar-refractivity contribution in [3.63, 3.8) is 0 Å². The first-order chi connectivity index (χ1) is 10.5. The van der Waals surface area contributed by atoms with E-state index in [1.54, 1.807) is 0 Å². The van der Waals surface area contributed by atoms with Crippen LogP contribution in [0, 0.1) is 17.3 Å². The van der Waals surface area contributed by atoms with E-state index < -0.39 is 11.0 Å². The molecule has 0 aliphatic heterocycles. The molecule has 0 spiro atoms. The zero-order valence-electron chi connectivity index (χ0n) is 12.6. The molecule has 4 saturated carbocycles. The first kappa shape index (κ1) is 14.7. The molecule has 2 atom stereocenters. The van der Waals surface area contributed by atoms with Gasteiger partial charge in [0.25, 0.3) is 0 Å². The van der Waals surface area contributed by atoms with E-state index in [9.17, 15) is 9.90 Å². The number of carbonyl (C=O) groups is 1. The molecule has 1 aromatic rings. The third-order valence-corrected chi connectivity index (χ3v) is 6.28. The monoisotopic (exact) mass is 364 g/mol. The van der Waals surface area contributed by atoms with Crippen molar-refractivity contribution >= 4 is 21.9 Å². The Hall–Kier alpha value is -0.870. The Bertz CT molecular complexity index is 581. The summed E-state index contributed by atoms with van der Waals surface area (Å²) < 4.78 is 6.65. The molecule has 0 saturated heterocycles. The van der Waals surface area contributed by atoms with Gasteiger partial charge in [0.05, 0.1) is 11.0 Å². The van der Waals surface area contributed by atoms with Gasteiger partial charge in [-0.05, 0) is 68.1 Å². The summed E-state index contributed by atoms with van der Waals surface area (Å²) in [5.41, 5.74) is -0.0328. The smallest absolute Gasteiger partial charge is 0.312 e. The molecule has 0 aromatic heterocycles. The lowest BCUT2D eigenvalue weighted by Gasteiger charge is -2.58. The molecule has 4 aliphatic rings. The van der Waals surface area contributed by atoms with Crippen molar-refractivity contribution in [2.75, 3.05) is 0 Å². The number of halogens is 1. The van der Waals surface area contributed by atoms with Crippen LogP contribution >= 0.6 is 15.9 Å². The van der Waals surface area contributed by atoms with Crippen LogP contribution in [0.1, 0.15) is 44.1 Å². The molecule has 5 rings (SSSR count). The molecule has 0 heterocycles. The van der Waals surface area contributed by atoms with E-state index in [-0.39, 0.29) is 5.97 Å². The minimum atomic E-state index is -0.610. The van der Waals surface area contributed by atoms with Gasteiger partial charge in [-0.15, -0.1) is 0 Å². The lowest BCUT2D eigenvalue weighted by molar-refractivity contribution is -0.197. The molecule has 118 valence electrons. The van der Waals surface area contributed by atoms with Gasteiger partial charge < -0.3 is 9.84 Å². The predicted molar refractivity (Wildman–Crippen MR) is 86.0 cm³/mol. The van der Waals surface area contributed by atoms with Crippen molar-refractivity contribution in [2.24, 2.45) is 17.3 Å². The first-order valence-corrected chi connectivity index (χ1v) is 8.90. The summed E-state index contributed by atoms with van der Waals surface area (Å²) in [5, 5.41) is 10.7. The van der Waals surface area contributed by atoms with Gasteiger partial charge in [-0.3, -0.25) is 4.79 Å². The summed E-state index contributed by atoms with van der Waals surface area (Å²) in [6.45, 7) is 0.321. The lowest BCUT2D eigenvalue weighted by Crippen LogP contribution is -2.58. The Kier molecular flexibility index (Phi) is 3.39. The highest BCUT2D eigenvalue weighted by Crippen LogP contribution is 2.62. The standard InChI is InChI=1S/C18H21BrO3/c19-15-3-1-12(2-4-15)10-22-16(20)17-6-13-5-14(7-17)9-18(21,8-13)11-17/h1-4,13-14,21H,5-11H2. The van der Waals surface area contributed by atoms with Gasteiger partial charge in [0.15, 0.2) is 0 Å². The molecular formula is C18H21BrO3. The molecule has 0 radical (unpaired) electrons. The highest BCUT2D eigenvalue weighted by atomic mass is 79.9. The number of rotatable bonds is 3. The molecule has 4 heteroatoms. The average molecular weight is 365 g/mol. The minimum Gasteiger partial charge on any atom is -0.460 e. The van der Waals surface area contributed by atoms with E-state index in [2.05, 4.69) is 15.9 Å². The number of benzene rings is 1. The van der Waals surface area contributed by atoms with Crippen LogP contribution in [-0.4, -0.2) is 16.7 Å². The number of aliphatic hydroxyl groups is 1. The van der Waals surface area contributed by atoms with Crippen LogP contribution in [0.15, 0.2) is 28.7 Å². The summed E-state index contributed by atoms with van der Waals surface area (Å²) in [7, 11) is 0. The van der Waals surface area contributed by atoms with Crippen LogP contribution in [-0.2, 0) is 16.1 Å². The van der Waals surface area contributed by atoms with E-state index in [4.69, 9.17) is 4.74 Å². The fourth-order valence-corrected chi connectivity index (χ4v) is 5.60. The van der Waals surface area contributed by atoms with E-state index in [1.165, 1.54) is 6.42 Å². The molecule has 4 aliphatic carbocycles. The maximum Gasteiger partial charge on any atom is 0.312 e. The highest BCUT2D eigenvalue weighted by molar-refractivity contribution is 9.10. The van der Waals surface area contributed by atoms with Crippen molar-refractivity contribution in [3.05, 3.63) is 34.3 Å².